The van der Waals surface area contributed by atoms with Crippen LogP contribution in [0.4, 0.5) is 0 Å². The third-order valence-corrected chi connectivity index (χ3v) is 4.65. The van der Waals surface area contributed by atoms with Crippen LogP contribution in [-0.4, -0.2) is 18.2 Å². The molecule has 0 aromatic heterocycles. The van der Waals surface area contributed by atoms with E-state index in [1.807, 2.05) is 0 Å². The highest BCUT2D eigenvalue weighted by atomic mass is 16.5. The van der Waals surface area contributed by atoms with E-state index in [4.69, 9.17) is 4.74 Å². The first-order valence-electron chi connectivity index (χ1n) is 7.79. The van der Waals surface area contributed by atoms with Gasteiger partial charge in [0, 0.05) is 13.1 Å². The Morgan fingerprint density at radius 2 is 1.84 bits per heavy atom. The van der Waals surface area contributed by atoms with Gasteiger partial charge < -0.3 is 10.1 Å². The largest absolute Gasteiger partial charge is 0.370 e. The van der Waals surface area contributed by atoms with Gasteiger partial charge in [0.1, 0.15) is 0 Å². The van der Waals surface area contributed by atoms with Crippen LogP contribution in [0.3, 0.4) is 0 Å². The van der Waals surface area contributed by atoms with Crippen LogP contribution in [0, 0.1) is 0 Å². The minimum absolute atomic E-state index is 0.261. The molecule has 1 spiro atoms. The van der Waals surface area contributed by atoms with Crippen molar-refractivity contribution in [2.24, 2.45) is 0 Å². The number of rotatable bonds is 4. The lowest BCUT2D eigenvalue weighted by Gasteiger charge is -2.33. The molecule has 1 N–H and O–H groups in total. The quantitative estimate of drug-likeness (QED) is 0.891. The van der Waals surface area contributed by atoms with E-state index in [0.29, 0.717) is 6.10 Å². The third kappa shape index (κ3) is 3.37. The summed E-state index contributed by atoms with van der Waals surface area (Å²) < 4.78 is 6.37. The molecule has 1 aliphatic carbocycles. The molecule has 104 valence electrons. The van der Waals surface area contributed by atoms with Gasteiger partial charge in [-0.05, 0) is 31.2 Å². The highest BCUT2D eigenvalue weighted by Crippen LogP contribution is 2.41. The van der Waals surface area contributed by atoms with E-state index in [-0.39, 0.29) is 5.60 Å². The number of hydrogen-bond donors (Lipinski definition) is 1. The molecule has 2 aliphatic rings. The number of nitrogens with one attached hydrogen (secondary N) is 1. The van der Waals surface area contributed by atoms with Crippen LogP contribution in [0.2, 0.25) is 0 Å². The summed E-state index contributed by atoms with van der Waals surface area (Å²) in [5.74, 6) is 0. The lowest BCUT2D eigenvalue weighted by atomic mass is 9.83. The normalized spacial score (nSPS) is 25.8. The molecule has 0 bridgehead atoms. The molecule has 0 amide bonds. The summed E-state index contributed by atoms with van der Waals surface area (Å²) in [5.41, 5.74) is 1.62. The van der Waals surface area contributed by atoms with Crippen molar-refractivity contribution in [3.8, 4) is 0 Å². The maximum Gasteiger partial charge on any atom is 0.0708 e. The molecule has 2 heteroatoms. The SMILES string of the molecule is c1ccc(CNCC2CCC3(CCCCC3)O2)cc1. The van der Waals surface area contributed by atoms with Gasteiger partial charge in [-0.15, -0.1) is 0 Å². The first-order chi connectivity index (χ1) is 9.36. The highest BCUT2D eigenvalue weighted by Gasteiger charge is 2.40. The van der Waals surface area contributed by atoms with E-state index in [9.17, 15) is 0 Å². The van der Waals surface area contributed by atoms with Crippen LogP contribution < -0.4 is 5.32 Å². The topological polar surface area (TPSA) is 21.3 Å². The molecule has 3 rings (SSSR count). The number of ether oxygens (including phenoxy) is 1. The molecule has 1 atom stereocenters. The third-order valence-electron chi connectivity index (χ3n) is 4.65. The fourth-order valence-electron chi connectivity index (χ4n) is 3.58. The first kappa shape index (κ1) is 13.1. The van der Waals surface area contributed by atoms with Crippen LogP contribution in [-0.2, 0) is 11.3 Å². The number of benzene rings is 1. The van der Waals surface area contributed by atoms with Crippen molar-refractivity contribution in [3.05, 3.63) is 35.9 Å². The van der Waals surface area contributed by atoms with Crippen LogP contribution in [0.25, 0.3) is 0 Å². The molecule has 19 heavy (non-hydrogen) atoms. The second kappa shape index (κ2) is 6.06. The smallest absolute Gasteiger partial charge is 0.0708 e. The molecule has 2 nitrogen and oxygen atoms in total. The Morgan fingerprint density at radius 1 is 1.05 bits per heavy atom. The average molecular weight is 259 g/mol. The molecular formula is C17H25NO. The second-order valence-electron chi connectivity index (χ2n) is 6.14. The summed E-state index contributed by atoms with van der Waals surface area (Å²) in [6.45, 7) is 1.95. The average Bonchev–Trinajstić information content (AvgIpc) is 2.84. The van der Waals surface area contributed by atoms with Crippen molar-refractivity contribution < 1.29 is 4.74 Å². The van der Waals surface area contributed by atoms with Gasteiger partial charge in [0.25, 0.3) is 0 Å². The molecule has 1 saturated heterocycles. The van der Waals surface area contributed by atoms with Gasteiger partial charge in [-0.1, -0.05) is 49.6 Å². The highest BCUT2D eigenvalue weighted by molar-refractivity contribution is 5.14. The van der Waals surface area contributed by atoms with E-state index in [2.05, 4.69) is 35.6 Å². The zero-order chi connectivity index (χ0) is 13.0. The standard InChI is InChI=1S/C17H25NO/c1-3-7-15(8-4-1)13-18-14-16-9-12-17(19-16)10-5-2-6-11-17/h1,3-4,7-8,16,18H,2,5-6,9-14H2. The Hall–Kier alpha value is -0.860. The van der Waals surface area contributed by atoms with Gasteiger partial charge in [-0.2, -0.15) is 0 Å². The van der Waals surface area contributed by atoms with Crippen molar-refractivity contribution in [2.75, 3.05) is 6.54 Å². The maximum atomic E-state index is 6.37. The maximum absolute atomic E-state index is 6.37. The fraction of sp³-hybridized carbons (Fsp3) is 0.647. The molecule has 1 aliphatic heterocycles. The summed E-state index contributed by atoms with van der Waals surface area (Å²) in [6, 6.07) is 10.6. The van der Waals surface area contributed by atoms with E-state index >= 15 is 0 Å². The summed E-state index contributed by atoms with van der Waals surface area (Å²) in [4.78, 5) is 0. The van der Waals surface area contributed by atoms with Gasteiger partial charge >= 0.3 is 0 Å². The Morgan fingerprint density at radius 3 is 2.63 bits per heavy atom. The summed E-state index contributed by atoms with van der Waals surface area (Å²) in [7, 11) is 0. The number of hydrogen-bond acceptors (Lipinski definition) is 2. The molecular weight excluding hydrogens is 234 g/mol. The van der Waals surface area contributed by atoms with Crippen molar-refractivity contribution in [1.82, 2.24) is 5.32 Å². The predicted octanol–water partition coefficient (Wildman–Crippen LogP) is 3.66. The molecule has 1 aromatic rings. The predicted molar refractivity (Wildman–Crippen MR) is 78.1 cm³/mol. The first-order valence-corrected chi connectivity index (χ1v) is 7.79. The zero-order valence-electron chi connectivity index (χ0n) is 11.7. The molecule has 1 unspecified atom stereocenters. The Balaban J connectivity index is 1.42. The molecule has 1 heterocycles. The van der Waals surface area contributed by atoms with Gasteiger partial charge in [-0.25, -0.2) is 0 Å². The summed E-state index contributed by atoms with van der Waals surface area (Å²) in [6.07, 6.45) is 9.68. The minimum atomic E-state index is 0.261. The minimum Gasteiger partial charge on any atom is -0.370 e. The Labute approximate surface area is 116 Å². The molecule has 0 radical (unpaired) electrons. The Kier molecular flexibility index (Phi) is 4.19. The lowest BCUT2D eigenvalue weighted by Crippen LogP contribution is -2.34. The summed E-state index contributed by atoms with van der Waals surface area (Å²) >= 11 is 0. The van der Waals surface area contributed by atoms with Crippen LogP contribution in [0.15, 0.2) is 30.3 Å². The van der Waals surface area contributed by atoms with Crippen LogP contribution in [0.5, 0.6) is 0 Å². The van der Waals surface area contributed by atoms with Gasteiger partial charge in [0.15, 0.2) is 0 Å². The zero-order valence-corrected chi connectivity index (χ0v) is 11.7. The van der Waals surface area contributed by atoms with Crippen LogP contribution >= 0.6 is 0 Å². The van der Waals surface area contributed by atoms with Crippen molar-refractivity contribution in [3.63, 3.8) is 0 Å². The van der Waals surface area contributed by atoms with Crippen molar-refractivity contribution in [2.45, 2.75) is 63.2 Å². The van der Waals surface area contributed by atoms with E-state index in [1.54, 1.807) is 0 Å². The van der Waals surface area contributed by atoms with E-state index < -0.39 is 0 Å². The lowest BCUT2D eigenvalue weighted by molar-refractivity contribution is -0.0624. The molecule has 1 saturated carbocycles. The van der Waals surface area contributed by atoms with E-state index in [0.717, 1.165) is 13.1 Å². The molecule has 1 aromatic carbocycles. The van der Waals surface area contributed by atoms with Gasteiger partial charge in [0.2, 0.25) is 0 Å². The van der Waals surface area contributed by atoms with Crippen molar-refractivity contribution in [1.29, 1.82) is 0 Å². The monoisotopic (exact) mass is 259 g/mol. The summed E-state index contributed by atoms with van der Waals surface area (Å²) in [5, 5.41) is 3.54. The Bertz CT molecular complexity index is 384. The second-order valence-corrected chi connectivity index (χ2v) is 6.14. The van der Waals surface area contributed by atoms with Crippen molar-refractivity contribution >= 4 is 0 Å². The fourth-order valence-corrected chi connectivity index (χ4v) is 3.58. The molecule has 2 fully saturated rings. The van der Waals surface area contributed by atoms with Crippen LogP contribution in [0.1, 0.15) is 50.5 Å². The van der Waals surface area contributed by atoms with Gasteiger partial charge in [-0.3, -0.25) is 0 Å². The van der Waals surface area contributed by atoms with Gasteiger partial charge in [0.05, 0.1) is 11.7 Å². The van der Waals surface area contributed by atoms with E-state index in [1.165, 1.54) is 50.5 Å².